The fourth-order valence-electron chi connectivity index (χ4n) is 3.61. The first-order chi connectivity index (χ1) is 14.8. The fourth-order valence-corrected chi connectivity index (χ4v) is 4.34. The van der Waals surface area contributed by atoms with E-state index in [9.17, 15) is 0 Å². The Labute approximate surface area is 174 Å². The number of hydrogen-bond donors (Lipinski definition) is 2. The molecule has 0 aliphatic carbocycles. The highest BCUT2D eigenvalue weighted by Gasteiger charge is 2.16. The second-order valence-corrected chi connectivity index (χ2v) is 8.03. The van der Waals surface area contributed by atoms with Gasteiger partial charge in [-0.1, -0.05) is 6.07 Å². The number of pyridine rings is 3. The minimum absolute atomic E-state index is 0.696. The Bertz CT molecular complexity index is 1510. The molecule has 2 N–H and O–H groups in total. The zero-order valence-electron chi connectivity index (χ0n) is 15.9. The number of thiophene rings is 1. The molecule has 6 heterocycles. The van der Waals surface area contributed by atoms with Gasteiger partial charge in [0, 0.05) is 40.0 Å². The van der Waals surface area contributed by atoms with E-state index in [2.05, 4.69) is 47.6 Å². The smallest absolute Gasteiger partial charge is 0.159 e. The molecule has 0 saturated carbocycles. The summed E-state index contributed by atoms with van der Waals surface area (Å²) >= 11 is 1.67. The van der Waals surface area contributed by atoms with Crippen molar-refractivity contribution in [2.75, 3.05) is 0 Å². The average molecular weight is 409 g/mol. The number of nitrogens with zero attached hydrogens (tertiary/aromatic N) is 5. The van der Waals surface area contributed by atoms with Gasteiger partial charge in [-0.2, -0.15) is 5.10 Å². The largest absolute Gasteiger partial charge is 0.335 e. The van der Waals surface area contributed by atoms with E-state index in [-0.39, 0.29) is 0 Å². The van der Waals surface area contributed by atoms with E-state index < -0.39 is 0 Å². The van der Waals surface area contributed by atoms with Crippen molar-refractivity contribution in [3.63, 3.8) is 0 Å². The SMILES string of the molecule is Cc1cncc(-c2cc3c(-c4nc5c(-c6cccs6)cncc5[nH]4)n[nH]c3cn2)c1. The highest BCUT2D eigenvalue weighted by atomic mass is 32.1. The topological polar surface area (TPSA) is 96.0 Å². The highest BCUT2D eigenvalue weighted by molar-refractivity contribution is 7.13. The van der Waals surface area contributed by atoms with E-state index in [1.807, 2.05) is 37.6 Å². The van der Waals surface area contributed by atoms with E-state index in [0.29, 0.717) is 5.82 Å². The predicted molar refractivity (Wildman–Crippen MR) is 118 cm³/mol. The third kappa shape index (κ3) is 2.69. The van der Waals surface area contributed by atoms with Crippen LogP contribution in [0.5, 0.6) is 0 Å². The molecule has 0 aliphatic heterocycles. The maximum Gasteiger partial charge on any atom is 0.159 e. The number of hydrogen-bond acceptors (Lipinski definition) is 6. The Kier molecular flexibility index (Phi) is 3.72. The van der Waals surface area contributed by atoms with Gasteiger partial charge >= 0.3 is 0 Å². The number of nitrogens with one attached hydrogen (secondary N) is 2. The van der Waals surface area contributed by atoms with Crippen LogP contribution in [0.3, 0.4) is 0 Å². The van der Waals surface area contributed by atoms with Crippen molar-refractivity contribution in [2.45, 2.75) is 6.92 Å². The molecule has 0 radical (unpaired) electrons. The Morgan fingerprint density at radius 1 is 0.967 bits per heavy atom. The van der Waals surface area contributed by atoms with Crippen molar-refractivity contribution in [1.29, 1.82) is 0 Å². The fraction of sp³-hybridized carbons (Fsp3) is 0.0455. The third-order valence-electron chi connectivity index (χ3n) is 5.02. The van der Waals surface area contributed by atoms with E-state index in [4.69, 9.17) is 4.98 Å². The lowest BCUT2D eigenvalue weighted by Gasteiger charge is -2.02. The second-order valence-electron chi connectivity index (χ2n) is 7.08. The van der Waals surface area contributed by atoms with Crippen molar-refractivity contribution in [3.8, 4) is 33.2 Å². The van der Waals surface area contributed by atoms with Crippen LogP contribution in [0.25, 0.3) is 55.2 Å². The molecule has 7 nitrogen and oxygen atoms in total. The lowest BCUT2D eigenvalue weighted by molar-refractivity contribution is 1.10. The minimum atomic E-state index is 0.696. The van der Waals surface area contributed by atoms with Gasteiger partial charge < -0.3 is 4.98 Å². The number of aryl methyl sites for hydroxylation is 1. The molecule has 6 aromatic rings. The quantitative estimate of drug-likeness (QED) is 0.429. The summed E-state index contributed by atoms with van der Waals surface area (Å²) < 4.78 is 0. The molecule has 144 valence electrons. The zero-order chi connectivity index (χ0) is 20.1. The van der Waals surface area contributed by atoms with Gasteiger partial charge in [0.2, 0.25) is 0 Å². The van der Waals surface area contributed by atoms with Gasteiger partial charge in [-0.3, -0.25) is 20.1 Å². The van der Waals surface area contributed by atoms with Crippen LogP contribution in [0, 0.1) is 6.92 Å². The molecule has 6 rings (SSSR count). The van der Waals surface area contributed by atoms with Crippen LogP contribution in [0.2, 0.25) is 0 Å². The Morgan fingerprint density at radius 3 is 2.77 bits per heavy atom. The molecule has 0 unspecified atom stereocenters. The van der Waals surface area contributed by atoms with Crippen molar-refractivity contribution in [3.05, 3.63) is 66.2 Å². The van der Waals surface area contributed by atoms with Crippen LogP contribution in [-0.4, -0.2) is 35.1 Å². The first kappa shape index (κ1) is 17.0. The van der Waals surface area contributed by atoms with Gasteiger partial charge in [0.25, 0.3) is 0 Å². The van der Waals surface area contributed by atoms with Gasteiger partial charge in [0.15, 0.2) is 5.82 Å². The van der Waals surface area contributed by atoms with Gasteiger partial charge in [-0.25, -0.2) is 4.98 Å². The summed E-state index contributed by atoms with van der Waals surface area (Å²) in [6, 6.07) is 8.20. The summed E-state index contributed by atoms with van der Waals surface area (Å²) in [7, 11) is 0. The van der Waals surface area contributed by atoms with Crippen LogP contribution >= 0.6 is 11.3 Å². The first-order valence-corrected chi connectivity index (χ1v) is 10.3. The van der Waals surface area contributed by atoms with E-state index in [0.717, 1.165) is 54.9 Å². The Hall–Kier alpha value is -3.91. The van der Waals surface area contributed by atoms with Gasteiger partial charge in [-0.05, 0) is 36.1 Å². The molecule has 0 saturated heterocycles. The van der Waals surface area contributed by atoms with Crippen molar-refractivity contribution in [2.24, 2.45) is 0 Å². The van der Waals surface area contributed by atoms with E-state index >= 15 is 0 Å². The summed E-state index contributed by atoms with van der Waals surface area (Å²) in [5.41, 5.74) is 7.29. The molecule has 8 heteroatoms. The van der Waals surface area contributed by atoms with E-state index in [1.54, 1.807) is 23.7 Å². The summed E-state index contributed by atoms with van der Waals surface area (Å²) in [5.74, 6) is 0.696. The highest BCUT2D eigenvalue weighted by Crippen LogP contribution is 2.33. The van der Waals surface area contributed by atoms with E-state index in [1.165, 1.54) is 0 Å². The number of H-pyrrole nitrogens is 2. The molecule has 0 aromatic carbocycles. The molecule has 0 aliphatic rings. The third-order valence-corrected chi connectivity index (χ3v) is 5.93. The normalized spacial score (nSPS) is 11.5. The van der Waals surface area contributed by atoms with Crippen molar-refractivity contribution in [1.82, 2.24) is 35.1 Å². The summed E-state index contributed by atoms with van der Waals surface area (Å²) in [5, 5.41) is 10.6. The first-order valence-electron chi connectivity index (χ1n) is 9.40. The van der Waals surface area contributed by atoms with Gasteiger partial charge in [0.05, 0.1) is 29.1 Å². The number of aromatic nitrogens is 7. The second kappa shape index (κ2) is 6.57. The average Bonchev–Trinajstić information content (AvgIpc) is 3.51. The Morgan fingerprint density at radius 2 is 1.90 bits per heavy atom. The number of imidazole rings is 1. The minimum Gasteiger partial charge on any atom is -0.335 e. The molecular weight excluding hydrogens is 394 g/mol. The van der Waals surface area contributed by atoms with Crippen molar-refractivity contribution >= 4 is 33.3 Å². The molecule has 0 fully saturated rings. The maximum atomic E-state index is 4.87. The molecular formula is C22H15N7S. The molecule has 0 bridgehead atoms. The molecule has 6 aromatic heterocycles. The summed E-state index contributed by atoms with van der Waals surface area (Å²) in [4.78, 5) is 22.6. The summed E-state index contributed by atoms with van der Waals surface area (Å²) in [6.07, 6.45) is 9.10. The molecule has 30 heavy (non-hydrogen) atoms. The standard InChI is InChI=1S/C22H15N7S/c1-12-5-13(8-23-7-12)16-6-14-17(11-25-16)28-29-21(14)22-26-18-10-24-9-15(20(18)27-22)19-3-2-4-30-19/h2-11H,1H3,(H,26,27)(H,28,29). The number of aromatic amines is 2. The molecule has 0 atom stereocenters. The molecule has 0 spiro atoms. The van der Waals surface area contributed by atoms with Gasteiger partial charge in [-0.15, -0.1) is 11.3 Å². The van der Waals surface area contributed by atoms with Crippen LogP contribution in [0.15, 0.2) is 60.6 Å². The number of rotatable bonds is 3. The lowest BCUT2D eigenvalue weighted by Crippen LogP contribution is -1.87. The van der Waals surface area contributed by atoms with Crippen LogP contribution < -0.4 is 0 Å². The molecule has 0 amide bonds. The van der Waals surface area contributed by atoms with Crippen LogP contribution in [0.1, 0.15) is 5.56 Å². The van der Waals surface area contributed by atoms with Crippen LogP contribution in [0.4, 0.5) is 0 Å². The van der Waals surface area contributed by atoms with Crippen molar-refractivity contribution < 1.29 is 0 Å². The predicted octanol–water partition coefficient (Wildman–Crippen LogP) is 5.00. The van der Waals surface area contributed by atoms with Gasteiger partial charge in [0.1, 0.15) is 11.2 Å². The lowest BCUT2D eigenvalue weighted by atomic mass is 10.1. The monoisotopic (exact) mass is 409 g/mol. The van der Waals surface area contributed by atoms with Crippen LogP contribution in [-0.2, 0) is 0 Å². The zero-order valence-corrected chi connectivity index (χ0v) is 16.7. The summed E-state index contributed by atoms with van der Waals surface area (Å²) in [6.45, 7) is 2.02. The number of fused-ring (bicyclic) bond motifs is 2. The Balaban J connectivity index is 1.52. The maximum absolute atomic E-state index is 4.87.